The fourth-order valence-electron chi connectivity index (χ4n) is 1.66. The van der Waals surface area contributed by atoms with Gasteiger partial charge in [0.1, 0.15) is 17.2 Å². The first kappa shape index (κ1) is 13.8. The number of rotatable bonds is 4. The molecule has 1 heterocycles. The number of anilines is 1. The van der Waals surface area contributed by atoms with Crippen LogP contribution >= 0.6 is 0 Å². The third-order valence-electron chi connectivity index (χ3n) is 2.20. The van der Waals surface area contributed by atoms with Crippen LogP contribution in [0, 0.1) is 0 Å². The second-order valence-electron chi connectivity index (χ2n) is 5.23. The fourth-order valence-corrected chi connectivity index (χ4v) is 1.66. The summed E-state index contributed by atoms with van der Waals surface area (Å²) in [6.45, 7) is 8.21. The Morgan fingerprint density at radius 1 is 1.41 bits per heavy atom. The quantitative estimate of drug-likeness (QED) is 0.646. The molecule has 1 rings (SSSR count). The highest BCUT2D eigenvalue weighted by Gasteiger charge is 2.14. The number of hydrogen-bond acceptors (Lipinski definition) is 4. The molecule has 0 saturated carbocycles. The zero-order valence-electron chi connectivity index (χ0n) is 11.4. The number of hydrogen-bond donors (Lipinski definition) is 1. The van der Waals surface area contributed by atoms with Gasteiger partial charge < -0.3 is 4.74 Å². The minimum absolute atomic E-state index is 0.207. The molecule has 0 aliphatic heterocycles. The molecule has 0 radical (unpaired) electrons. The number of aromatic nitrogens is 1. The molecule has 0 bridgehead atoms. The van der Waals surface area contributed by atoms with E-state index in [2.05, 4.69) is 11.9 Å². The van der Waals surface area contributed by atoms with Gasteiger partial charge in [-0.1, -0.05) is 13.3 Å². The Morgan fingerprint density at radius 3 is 2.53 bits per heavy atom. The van der Waals surface area contributed by atoms with Gasteiger partial charge in [-0.3, -0.25) is 5.01 Å². The lowest BCUT2D eigenvalue weighted by atomic mass is 10.1. The number of nitrogens with two attached hydrogens (primary N) is 1. The lowest BCUT2D eigenvalue weighted by molar-refractivity contribution is 0.130. The summed E-state index contributed by atoms with van der Waals surface area (Å²) >= 11 is 0. The van der Waals surface area contributed by atoms with Gasteiger partial charge in [0.15, 0.2) is 0 Å². The fraction of sp³-hybridized carbons (Fsp3) is 0.615. The molecule has 4 nitrogen and oxygen atoms in total. The van der Waals surface area contributed by atoms with Crippen molar-refractivity contribution in [1.82, 2.24) is 4.98 Å². The first-order valence-electron chi connectivity index (χ1n) is 6.00. The van der Waals surface area contributed by atoms with Gasteiger partial charge in [-0.25, -0.2) is 10.8 Å². The minimum Gasteiger partial charge on any atom is -0.487 e. The third-order valence-corrected chi connectivity index (χ3v) is 2.20. The molecule has 0 amide bonds. The SMILES string of the molecule is CCCc1cc(OC(C)(C)C)cnc1N(C)N. The maximum Gasteiger partial charge on any atom is 0.145 e. The average molecular weight is 237 g/mol. The second kappa shape index (κ2) is 5.36. The molecule has 0 fully saturated rings. The van der Waals surface area contributed by atoms with E-state index >= 15 is 0 Å². The van der Waals surface area contributed by atoms with E-state index in [1.54, 1.807) is 18.3 Å². The molecule has 0 aliphatic rings. The lowest BCUT2D eigenvalue weighted by Gasteiger charge is -2.23. The van der Waals surface area contributed by atoms with E-state index in [1.807, 2.05) is 26.8 Å². The predicted octanol–water partition coefficient (Wildman–Crippen LogP) is 2.52. The number of pyridine rings is 1. The van der Waals surface area contributed by atoms with Gasteiger partial charge >= 0.3 is 0 Å². The van der Waals surface area contributed by atoms with Crippen molar-refractivity contribution in [3.05, 3.63) is 17.8 Å². The van der Waals surface area contributed by atoms with Crippen molar-refractivity contribution in [2.75, 3.05) is 12.1 Å². The van der Waals surface area contributed by atoms with Crippen LogP contribution in [0.25, 0.3) is 0 Å². The molecule has 96 valence electrons. The van der Waals surface area contributed by atoms with E-state index < -0.39 is 0 Å². The molecule has 0 spiro atoms. The van der Waals surface area contributed by atoms with Gasteiger partial charge in [-0.15, -0.1) is 0 Å². The van der Waals surface area contributed by atoms with E-state index in [0.717, 1.165) is 30.0 Å². The van der Waals surface area contributed by atoms with Crippen LogP contribution < -0.4 is 15.6 Å². The number of hydrazine groups is 1. The standard InChI is InChI=1S/C13H23N3O/c1-6-7-10-8-11(17-13(2,3)4)9-15-12(10)16(5)14/h8-9H,6-7,14H2,1-5H3. The third kappa shape index (κ3) is 4.23. The first-order valence-corrected chi connectivity index (χ1v) is 6.00. The van der Waals surface area contributed by atoms with Crippen molar-refractivity contribution in [3.8, 4) is 5.75 Å². The highest BCUT2D eigenvalue weighted by Crippen LogP contribution is 2.24. The minimum atomic E-state index is -0.207. The smallest absolute Gasteiger partial charge is 0.145 e. The highest BCUT2D eigenvalue weighted by molar-refractivity contribution is 5.47. The summed E-state index contributed by atoms with van der Waals surface area (Å²) in [5.41, 5.74) is 0.917. The zero-order valence-corrected chi connectivity index (χ0v) is 11.4. The van der Waals surface area contributed by atoms with Crippen LogP contribution in [-0.4, -0.2) is 17.6 Å². The molecule has 4 heteroatoms. The van der Waals surface area contributed by atoms with E-state index in [9.17, 15) is 0 Å². The Balaban J connectivity index is 3.01. The average Bonchev–Trinajstić information content (AvgIpc) is 2.15. The van der Waals surface area contributed by atoms with Crippen molar-refractivity contribution < 1.29 is 4.74 Å². The lowest BCUT2D eigenvalue weighted by Crippen LogP contribution is -2.28. The predicted molar refractivity (Wildman–Crippen MR) is 71.2 cm³/mol. The molecule has 2 N–H and O–H groups in total. The monoisotopic (exact) mass is 237 g/mol. The van der Waals surface area contributed by atoms with Gasteiger partial charge in [0.05, 0.1) is 6.20 Å². The maximum atomic E-state index is 5.80. The van der Waals surface area contributed by atoms with Crippen LogP contribution in [0.2, 0.25) is 0 Å². The van der Waals surface area contributed by atoms with E-state index in [4.69, 9.17) is 10.6 Å². The van der Waals surface area contributed by atoms with Crippen LogP contribution in [0.3, 0.4) is 0 Å². The van der Waals surface area contributed by atoms with Crippen molar-refractivity contribution in [3.63, 3.8) is 0 Å². The van der Waals surface area contributed by atoms with Crippen LogP contribution in [0.4, 0.5) is 5.82 Å². The van der Waals surface area contributed by atoms with Crippen molar-refractivity contribution in [2.45, 2.75) is 46.1 Å². The Labute approximate surface area is 104 Å². The van der Waals surface area contributed by atoms with Crippen molar-refractivity contribution in [2.24, 2.45) is 5.84 Å². The molecule has 0 unspecified atom stereocenters. The van der Waals surface area contributed by atoms with E-state index in [1.165, 1.54) is 0 Å². The van der Waals surface area contributed by atoms with Gasteiger partial charge in [0.2, 0.25) is 0 Å². The Bertz CT molecular complexity index is 369. The Morgan fingerprint density at radius 2 is 2.06 bits per heavy atom. The largest absolute Gasteiger partial charge is 0.487 e. The van der Waals surface area contributed by atoms with Gasteiger partial charge in [-0.2, -0.15) is 0 Å². The molecule has 0 saturated heterocycles. The summed E-state index contributed by atoms with van der Waals surface area (Å²) in [4.78, 5) is 4.36. The maximum absolute atomic E-state index is 5.80. The summed E-state index contributed by atoms with van der Waals surface area (Å²) in [5.74, 6) is 7.36. The summed E-state index contributed by atoms with van der Waals surface area (Å²) in [7, 11) is 1.80. The molecule has 1 aromatic rings. The highest BCUT2D eigenvalue weighted by atomic mass is 16.5. The van der Waals surface area contributed by atoms with Crippen LogP contribution in [0.1, 0.15) is 39.7 Å². The van der Waals surface area contributed by atoms with Crippen LogP contribution in [0.15, 0.2) is 12.3 Å². The molecular weight excluding hydrogens is 214 g/mol. The van der Waals surface area contributed by atoms with Crippen molar-refractivity contribution in [1.29, 1.82) is 0 Å². The molecular formula is C13H23N3O. The number of nitrogens with zero attached hydrogens (tertiary/aromatic N) is 2. The van der Waals surface area contributed by atoms with E-state index in [0.29, 0.717) is 0 Å². The molecule has 17 heavy (non-hydrogen) atoms. The summed E-state index contributed by atoms with van der Waals surface area (Å²) < 4.78 is 5.80. The van der Waals surface area contributed by atoms with Crippen LogP contribution in [0.5, 0.6) is 5.75 Å². The van der Waals surface area contributed by atoms with Crippen LogP contribution in [-0.2, 0) is 6.42 Å². The molecule has 1 aromatic heterocycles. The zero-order chi connectivity index (χ0) is 13.1. The van der Waals surface area contributed by atoms with Gasteiger partial charge in [0.25, 0.3) is 0 Å². The first-order chi connectivity index (χ1) is 7.83. The van der Waals surface area contributed by atoms with Gasteiger partial charge in [0, 0.05) is 7.05 Å². The normalized spacial score (nSPS) is 11.4. The molecule has 0 atom stereocenters. The second-order valence-corrected chi connectivity index (χ2v) is 5.23. The Hall–Kier alpha value is -1.29. The Kier molecular flexibility index (Phi) is 4.34. The van der Waals surface area contributed by atoms with Gasteiger partial charge in [-0.05, 0) is 38.8 Å². The number of aryl methyl sites for hydroxylation is 1. The van der Waals surface area contributed by atoms with E-state index in [-0.39, 0.29) is 5.60 Å². The number of ether oxygens (including phenoxy) is 1. The molecule has 0 aliphatic carbocycles. The summed E-state index contributed by atoms with van der Waals surface area (Å²) in [6.07, 6.45) is 3.73. The summed E-state index contributed by atoms with van der Waals surface area (Å²) in [5, 5.41) is 1.55. The molecule has 0 aromatic carbocycles. The summed E-state index contributed by atoms with van der Waals surface area (Å²) in [6, 6.07) is 2.03. The topological polar surface area (TPSA) is 51.4 Å². The van der Waals surface area contributed by atoms with Crippen molar-refractivity contribution >= 4 is 5.82 Å².